The second-order valence-electron chi connectivity index (χ2n) is 13.8. The van der Waals surface area contributed by atoms with E-state index in [1.54, 1.807) is 30.3 Å². The Bertz CT molecular complexity index is 2410. The number of imide groups is 2. The number of aryl methyl sites for hydroxylation is 5. The fourth-order valence-electron chi connectivity index (χ4n) is 7.57. The zero-order chi connectivity index (χ0) is 36.6. The van der Waals surface area contributed by atoms with E-state index in [2.05, 4.69) is 6.07 Å². The zero-order valence-corrected chi connectivity index (χ0v) is 29.5. The van der Waals surface area contributed by atoms with Gasteiger partial charge in [0.2, 0.25) is 0 Å². The van der Waals surface area contributed by atoms with Crippen molar-refractivity contribution in [2.24, 2.45) is 0 Å². The maximum Gasteiger partial charge on any atom is 0.266 e. The second kappa shape index (κ2) is 12.0. The molecule has 52 heavy (non-hydrogen) atoms. The molecule has 0 atom stereocenters. The summed E-state index contributed by atoms with van der Waals surface area (Å²) in [7, 11) is 0. The minimum atomic E-state index is -0.368. The largest absolute Gasteiger partial charge is 0.399 e. The number of anilines is 3. The summed E-state index contributed by atoms with van der Waals surface area (Å²) in [5, 5.41) is 0. The molecule has 7 nitrogen and oxygen atoms in total. The summed E-state index contributed by atoms with van der Waals surface area (Å²) in [6, 6.07) is 33.8. The Labute approximate surface area is 301 Å². The summed E-state index contributed by atoms with van der Waals surface area (Å²) in [6.07, 6.45) is 0. The van der Waals surface area contributed by atoms with Crippen LogP contribution in [0.1, 0.15) is 69.2 Å². The van der Waals surface area contributed by atoms with Crippen molar-refractivity contribution in [2.75, 3.05) is 15.5 Å². The molecule has 2 N–H and O–H groups in total. The van der Waals surface area contributed by atoms with Crippen LogP contribution < -0.4 is 15.5 Å². The molecule has 0 aromatic heterocycles. The monoisotopic (exact) mass is 681 g/mol. The summed E-state index contributed by atoms with van der Waals surface area (Å²) in [5.41, 5.74) is 19.4. The van der Waals surface area contributed by atoms with Crippen LogP contribution in [0.4, 0.5) is 17.1 Å². The number of hydrogen-bond donors (Lipinski definition) is 1. The van der Waals surface area contributed by atoms with Gasteiger partial charge in [0.1, 0.15) is 0 Å². The SMILES string of the molecule is Cc1ccc(-c2ccc3c(c2)C(=O)N(c2ccc(-c4ccc(N5C(=O)c6ccc(-c7ccc(N)cc7C)cc6C5=O)c(C)c4)cc2C)C3=O)c(C)c1. The van der Waals surface area contributed by atoms with Crippen molar-refractivity contribution < 1.29 is 19.2 Å². The van der Waals surface area contributed by atoms with E-state index in [1.807, 2.05) is 107 Å². The molecule has 0 unspecified atom stereocenters. The highest BCUT2D eigenvalue weighted by molar-refractivity contribution is 6.36. The van der Waals surface area contributed by atoms with Gasteiger partial charge in [-0.15, -0.1) is 0 Å². The Morgan fingerprint density at radius 2 is 0.769 bits per heavy atom. The number of carbonyl (C=O) groups is 4. The lowest BCUT2D eigenvalue weighted by molar-refractivity contribution is 0.0910. The van der Waals surface area contributed by atoms with Crippen LogP contribution in [0, 0.1) is 34.6 Å². The van der Waals surface area contributed by atoms with Gasteiger partial charge in [0.15, 0.2) is 0 Å². The summed E-state index contributed by atoms with van der Waals surface area (Å²) < 4.78 is 0. The van der Waals surface area contributed by atoms with Crippen molar-refractivity contribution in [2.45, 2.75) is 34.6 Å². The van der Waals surface area contributed by atoms with Crippen molar-refractivity contribution in [3.05, 3.63) is 159 Å². The molecular weight excluding hydrogens is 647 g/mol. The number of nitrogens with zero attached hydrogens (tertiary/aromatic N) is 2. The Hall–Kier alpha value is -6.60. The average Bonchev–Trinajstić information content (AvgIpc) is 3.51. The average molecular weight is 682 g/mol. The number of nitrogens with two attached hydrogens (primary N) is 1. The normalized spacial score (nSPS) is 13.6. The fourth-order valence-corrected chi connectivity index (χ4v) is 7.57. The first kappa shape index (κ1) is 32.6. The highest BCUT2D eigenvalue weighted by Crippen LogP contribution is 2.38. The Morgan fingerprint density at radius 1 is 0.365 bits per heavy atom. The zero-order valence-electron chi connectivity index (χ0n) is 29.5. The predicted octanol–water partition coefficient (Wildman–Crippen LogP) is 9.41. The van der Waals surface area contributed by atoms with Gasteiger partial charge < -0.3 is 5.73 Å². The van der Waals surface area contributed by atoms with Crippen LogP contribution in [0.15, 0.2) is 109 Å². The third-order valence-corrected chi connectivity index (χ3v) is 10.2. The lowest BCUT2D eigenvalue weighted by atomic mass is 9.96. The molecule has 0 bridgehead atoms. The fraction of sp³-hybridized carbons (Fsp3) is 0.111. The molecule has 0 saturated carbocycles. The minimum Gasteiger partial charge on any atom is -0.399 e. The highest BCUT2D eigenvalue weighted by atomic mass is 16.2. The maximum absolute atomic E-state index is 13.7. The van der Waals surface area contributed by atoms with Gasteiger partial charge in [0, 0.05) is 5.69 Å². The summed E-state index contributed by atoms with van der Waals surface area (Å²) >= 11 is 0. The van der Waals surface area contributed by atoms with Crippen LogP contribution in [-0.2, 0) is 0 Å². The predicted molar refractivity (Wildman–Crippen MR) is 206 cm³/mol. The number of nitrogen functional groups attached to an aromatic ring is 1. The van der Waals surface area contributed by atoms with E-state index in [1.165, 1.54) is 9.80 Å². The number of fused-ring (bicyclic) bond motifs is 2. The molecule has 0 radical (unpaired) electrons. The van der Waals surface area contributed by atoms with E-state index in [-0.39, 0.29) is 23.6 Å². The van der Waals surface area contributed by atoms with E-state index in [9.17, 15) is 19.2 Å². The smallest absolute Gasteiger partial charge is 0.266 e. The van der Waals surface area contributed by atoms with Crippen LogP contribution in [-0.4, -0.2) is 23.6 Å². The van der Waals surface area contributed by atoms with Gasteiger partial charge in [-0.1, -0.05) is 54.1 Å². The van der Waals surface area contributed by atoms with Gasteiger partial charge in [0.25, 0.3) is 23.6 Å². The number of benzene rings is 6. The lowest BCUT2D eigenvalue weighted by Gasteiger charge is -2.19. The molecule has 6 aromatic rings. The minimum absolute atomic E-state index is 0.347. The standard InChI is InChI=1S/C45H35N3O4/c1-24-6-12-34(25(2)18-24)31-7-13-36-38(22-31)44(51)47(42(36)49)40-16-9-29(19-27(40)4)30-10-17-41(28(5)20-30)48-43(50)37-14-8-32(23-39(37)45(48)52)35-15-11-33(46)21-26(35)3/h6-23H,46H2,1-5H3. The van der Waals surface area contributed by atoms with Crippen LogP contribution in [0.25, 0.3) is 33.4 Å². The first-order valence-electron chi connectivity index (χ1n) is 17.1. The molecule has 2 aliphatic heterocycles. The molecule has 0 fully saturated rings. The Morgan fingerprint density at radius 3 is 1.21 bits per heavy atom. The van der Waals surface area contributed by atoms with Crippen molar-refractivity contribution in [1.29, 1.82) is 0 Å². The van der Waals surface area contributed by atoms with Gasteiger partial charge in [-0.3, -0.25) is 19.2 Å². The van der Waals surface area contributed by atoms with E-state index in [0.717, 1.165) is 61.2 Å². The topological polar surface area (TPSA) is 101 Å². The summed E-state index contributed by atoms with van der Waals surface area (Å²) in [4.78, 5) is 57.1. The van der Waals surface area contributed by atoms with E-state index in [0.29, 0.717) is 39.3 Å². The van der Waals surface area contributed by atoms with Crippen LogP contribution >= 0.6 is 0 Å². The van der Waals surface area contributed by atoms with Gasteiger partial charge in [-0.25, -0.2) is 9.80 Å². The number of carbonyl (C=O) groups excluding carboxylic acids is 4. The molecule has 0 aliphatic carbocycles. The van der Waals surface area contributed by atoms with Gasteiger partial charge in [0.05, 0.1) is 33.6 Å². The molecule has 254 valence electrons. The quantitative estimate of drug-likeness (QED) is 0.144. The third kappa shape index (κ3) is 5.12. The molecular formula is C45H35N3O4. The summed E-state index contributed by atoms with van der Waals surface area (Å²) in [5.74, 6) is -1.43. The van der Waals surface area contributed by atoms with Crippen molar-refractivity contribution >= 4 is 40.7 Å². The van der Waals surface area contributed by atoms with Crippen LogP contribution in [0.2, 0.25) is 0 Å². The first-order valence-corrected chi connectivity index (χ1v) is 17.1. The van der Waals surface area contributed by atoms with Crippen LogP contribution in [0.5, 0.6) is 0 Å². The molecule has 4 amide bonds. The maximum atomic E-state index is 13.7. The van der Waals surface area contributed by atoms with Crippen molar-refractivity contribution in [3.63, 3.8) is 0 Å². The molecule has 2 heterocycles. The van der Waals surface area contributed by atoms with Crippen molar-refractivity contribution in [1.82, 2.24) is 0 Å². The Kier molecular flexibility index (Phi) is 7.54. The molecule has 0 spiro atoms. The molecule has 8 rings (SSSR count). The molecule has 6 aromatic carbocycles. The van der Waals surface area contributed by atoms with Crippen molar-refractivity contribution in [3.8, 4) is 33.4 Å². The molecule has 2 aliphatic rings. The number of hydrogen-bond acceptors (Lipinski definition) is 5. The number of rotatable bonds is 5. The molecule has 7 heteroatoms. The Balaban J connectivity index is 1.05. The van der Waals surface area contributed by atoms with Gasteiger partial charge in [-0.2, -0.15) is 0 Å². The lowest BCUT2D eigenvalue weighted by Crippen LogP contribution is -2.30. The molecule has 0 saturated heterocycles. The first-order chi connectivity index (χ1) is 24.9. The van der Waals surface area contributed by atoms with E-state index >= 15 is 0 Å². The number of amides is 4. The van der Waals surface area contributed by atoms with E-state index in [4.69, 9.17) is 5.73 Å². The van der Waals surface area contributed by atoms with Gasteiger partial charge in [-0.05, 0) is 151 Å². The highest BCUT2D eigenvalue weighted by Gasteiger charge is 2.39. The second-order valence-corrected chi connectivity index (χ2v) is 13.8. The van der Waals surface area contributed by atoms with Gasteiger partial charge >= 0.3 is 0 Å². The third-order valence-electron chi connectivity index (χ3n) is 10.2. The van der Waals surface area contributed by atoms with E-state index < -0.39 is 0 Å². The van der Waals surface area contributed by atoms with Crippen LogP contribution in [0.3, 0.4) is 0 Å². The summed E-state index contributed by atoms with van der Waals surface area (Å²) in [6.45, 7) is 9.80.